The average molecular weight is 1420 g/mol. The molecule has 3 unspecified atom stereocenters. The maximum Gasteiger partial charge on any atom is 0.472 e. The summed E-state index contributed by atoms with van der Waals surface area (Å²) in [6, 6.07) is 0. The molecule has 0 heterocycles. The summed E-state index contributed by atoms with van der Waals surface area (Å²) in [5, 5.41) is 10.6. The molecule has 3 N–H and O–H groups in total. The van der Waals surface area contributed by atoms with Crippen LogP contribution in [-0.2, 0) is 65.4 Å². The molecule has 0 bridgehead atoms. The van der Waals surface area contributed by atoms with Gasteiger partial charge in [0.2, 0.25) is 0 Å². The third-order valence-corrected chi connectivity index (χ3v) is 20.5. The summed E-state index contributed by atoms with van der Waals surface area (Å²) in [7, 11) is -9.91. The molecule has 17 nitrogen and oxygen atoms in total. The predicted octanol–water partition coefficient (Wildman–Crippen LogP) is 23.1. The second kappa shape index (κ2) is 69.8. The van der Waals surface area contributed by atoms with E-state index in [1.807, 2.05) is 0 Å². The number of phosphoric ester groups is 2. The van der Waals surface area contributed by atoms with Crippen molar-refractivity contribution < 1.29 is 80.2 Å². The zero-order valence-electron chi connectivity index (χ0n) is 63.4. The van der Waals surface area contributed by atoms with Crippen molar-refractivity contribution in [2.24, 2.45) is 11.8 Å². The molecule has 0 fully saturated rings. The van der Waals surface area contributed by atoms with Gasteiger partial charge in [-0.1, -0.05) is 356 Å². The van der Waals surface area contributed by atoms with Gasteiger partial charge in [-0.15, -0.1) is 0 Å². The summed E-state index contributed by atoms with van der Waals surface area (Å²) in [6.45, 7) is 9.53. The molecule has 0 aromatic heterocycles. The summed E-state index contributed by atoms with van der Waals surface area (Å²) in [4.78, 5) is 72.7. The first-order valence-corrected chi connectivity index (χ1v) is 43.5. The third kappa shape index (κ3) is 70.9. The van der Waals surface area contributed by atoms with Crippen molar-refractivity contribution in [3.05, 3.63) is 0 Å². The molecule has 576 valence electrons. The van der Waals surface area contributed by atoms with Gasteiger partial charge >= 0.3 is 39.5 Å². The van der Waals surface area contributed by atoms with Crippen LogP contribution in [0.1, 0.15) is 408 Å². The maximum absolute atomic E-state index is 13.1. The van der Waals surface area contributed by atoms with Gasteiger partial charge in [-0.25, -0.2) is 9.13 Å². The SMILES string of the molecule is CCCCCCCCCCCCCCCCCCCCCCCCC(=O)O[C@H](COC(=O)CCCCCCCCCCCCCCCCCC(C)C)COP(=O)(O)OC[C@@H](O)COP(=O)(O)OC[C@@H](COC(=O)CCCCCCCCC)OC(=O)CCCCCCCCC(C)CC. The van der Waals surface area contributed by atoms with Crippen molar-refractivity contribution in [2.75, 3.05) is 39.6 Å². The van der Waals surface area contributed by atoms with Crippen molar-refractivity contribution in [3.63, 3.8) is 0 Å². The smallest absolute Gasteiger partial charge is 0.462 e. The van der Waals surface area contributed by atoms with Crippen LogP contribution in [0.5, 0.6) is 0 Å². The molecule has 0 saturated heterocycles. The Kier molecular flexibility index (Phi) is 68.4. The van der Waals surface area contributed by atoms with E-state index < -0.39 is 97.5 Å². The number of rotatable bonds is 77. The number of phosphoric acid groups is 2. The first-order valence-electron chi connectivity index (χ1n) is 40.5. The minimum Gasteiger partial charge on any atom is -0.462 e. The number of carbonyl (C=O) groups excluding carboxylic acids is 4. The highest BCUT2D eigenvalue weighted by atomic mass is 31.2. The van der Waals surface area contributed by atoms with Gasteiger partial charge in [0.1, 0.15) is 19.3 Å². The van der Waals surface area contributed by atoms with Gasteiger partial charge in [0, 0.05) is 25.7 Å². The fraction of sp³-hybridized carbons (Fsp3) is 0.949. The summed E-state index contributed by atoms with van der Waals surface area (Å²) >= 11 is 0. The first kappa shape index (κ1) is 95.1. The molecular formula is C78H152O17P2. The molecular weight excluding hydrogens is 1270 g/mol. The molecule has 0 spiro atoms. The van der Waals surface area contributed by atoms with Crippen molar-refractivity contribution in [2.45, 2.75) is 426 Å². The fourth-order valence-electron chi connectivity index (χ4n) is 12.0. The minimum absolute atomic E-state index is 0.103. The zero-order valence-corrected chi connectivity index (χ0v) is 65.2. The molecule has 0 rings (SSSR count). The highest BCUT2D eigenvalue weighted by Gasteiger charge is 2.30. The quantitative estimate of drug-likeness (QED) is 0.0222. The Bertz CT molecular complexity index is 1870. The Morgan fingerprint density at radius 1 is 0.299 bits per heavy atom. The van der Waals surface area contributed by atoms with Crippen LogP contribution in [0.3, 0.4) is 0 Å². The lowest BCUT2D eigenvalue weighted by atomic mass is 10.00. The van der Waals surface area contributed by atoms with E-state index in [2.05, 4.69) is 41.5 Å². The normalized spacial score (nSPS) is 14.2. The van der Waals surface area contributed by atoms with Gasteiger partial charge < -0.3 is 33.8 Å². The molecule has 0 saturated carbocycles. The lowest BCUT2D eigenvalue weighted by molar-refractivity contribution is -0.161. The number of carbonyl (C=O) groups is 4. The lowest BCUT2D eigenvalue weighted by Gasteiger charge is -2.21. The molecule has 0 aromatic carbocycles. The molecule has 6 atom stereocenters. The van der Waals surface area contributed by atoms with Crippen molar-refractivity contribution in [3.8, 4) is 0 Å². The van der Waals surface area contributed by atoms with Crippen LogP contribution in [0.2, 0.25) is 0 Å². The number of esters is 4. The number of hydrogen-bond donors (Lipinski definition) is 3. The van der Waals surface area contributed by atoms with E-state index in [4.69, 9.17) is 37.0 Å². The van der Waals surface area contributed by atoms with Gasteiger partial charge in [0.25, 0.3) is 0 Å². The zero-order chi connectivity index (χ0) is 71.4. The van der Waals surface area contributed by atoms with Gasteiger partial charge in [-0.05, 0) is 37.5 Å². The molecule has 0 aliphatic heterocycles. The molecule has 0 radical (unpaired) electrons. The van der Waals surface area contributed by atoms with Gasteiger partial charge in [0.15, 0.2) is 12.2 Å². The van der Waals surface area contributed by atoms with E-state index in [0.29, 0.717) is 25.7 Å². The number of aliphatic hydroxyl groups excluding tert-OH is 1. The Hall–Kier alpha value is -1.94. The largest absolute Gasteiger partial charge is 0.472 e. The molecule has 19 heteroatoms. The van der Waals surface area contributed by atoms with Crippen molar-refractivity contribution >= 4 is 39.5 Å². The molecule has 0 aliphatic rings. The Morgan fingerprint density at radius 2 is 0.526 bits per heavy atom. The Morgan fingerprint density at radius 3 is 0.784 bits per heavy atom. The predicted molar refractivity (Wildman–Crippen MR) is 395 cm³/mol. The maximum atomic E-state index is 13.1. The fourth-order valence-corrected chi connectivity index (χ4v) is 13.6. The van der Waals surface area contributed by atoms with Crippen LogP contribution in [0.25, 0.3) is 0 Å². The highest BCUT2D eigenvalue weighted by molar-refractivity contribution is 7.47. The summed E-state index contributed by atoms with van der Waals surface area (Å²) < 4.78 is 68.4. The Labute approximate surface area is 594 Å². The van der Waals surface area contributed by atoms with Gasteiger partial charge in [-0.2, -0.15) is 0 Å². The molecule has 0 amide bonds. The van der Waals surface area contributed by atoms with E-state index in [0.717, 1.165) is 115 Å². The summed E-state index contributed by atoms with van der Waals surface area (Å²) in [5.74, 6) is -0.596. The van der Waals surface area contributed by atoms with E-state index in [1.54, 1.807) is 0 Å². The first-order chi connectivity index (χ1) is 46.9. The van der Waals surface area contributed by atoms with E-state index in [1.165, 1.54) is 212 Å². The van der Waals surface area contributed by atoms with Gasteiger partial charge in [0.05, 0.1) is 26.4 Å². The van der Waals surface area contributed by atoms with Crippen LogP contribution in [0.4, 0.5) is 0 Å². The second-order valence-electron chi connectivity index (χ2n) is 28.8. The van der Waals surface area contributed by atoms with E-state index in [9.17, 15) is 43.2 Å². The van der Waals surface area contributed by atoms with Crippen molar-refractivity contribution in [1.29, 1.82) is 0 Å². The summed E-state index contributed by atoms with van der Waals surface area (Å²) in [6.07, 6.45) is 58.7. The molecule has 0 aliphatic carbocycles. The van der Waals surface area contributed by atoms with Crippen LogP contribution >= 0.6 is 15.6 Å². The molecule has 97 heavy (non-hydrogen) atoms. The van der Waals surface area contributed by atoms with Crippen LogP contribution in [-0.4, -0.2) is 96.7 Å². The number of ether oxygens (including phenoxy) is 4. The van der Waals surface area contributed by atoms with Gasteiger partial charge in [-0.3, -0.25) is 37.3 Å². The van der Waals surface area contributed by atoms with E-state index >= 15 is 0 Å². The average Bonchev–Trinajstić information content (AvgIpc) is 1.33. The van der Waals surface area contributed by atoms with Crippen LogP contribution in [0, 0.1) is 11.8 Å². The summed E-state index contributed by atoms with van der Waals surface area (Å²) in [5.41, 5.74) is 0. The topological polar surface area (TPSA) is 237 Å². The minimum atomic E-state index is -4.96. The van der Waals surface area contributed by atoms with E-state index in [-0.39, 0.29) is 25.7 Å². The Balaban J connectivity index is 5.14. The number of aliphatic hydroxyl groups is 1. The monoisotopic (exact) mass is 1420 g/mol. The lowest BCUT2D eigenvalue weighted by Crippen LogP contribution is -2.30. The molecule has 0 aromatic rings. The number of hydrogen-bond acceptors (Lipinski definition) is 15. The van der Waals surface area contributed by atoms with Crippen molar-refractivity contribution in [1.82, 2.24) is 0 Å². The standard InChI is InChI=1S/C78H152O17P2/c1-7-10-12-14-16-17-18-19-20-21-22-23-24-25-26-29-33-36-39-43-50-56-62-77(82)94-73(67-89-76(81)61-55-49-42-38-35-32-30-27-28-31-34-37-41-46-52-58-70(4)5)68-92-96(84,85)90-64-72(79)65-91-97(86,87)93-69-74(66-88-75(80)60-54-48-40-15-13-11-8-2)95-78(83)63-57-51-45-44-47-53-59-71(6)9-3/h70-74,79H,7-69H2,1-6H3,(H,84,85)(H,86,87)/t71?,72-,73-,74-/m1/s1. The highest BCUT2D eigenvalue weighted by Crippen LogP contribution is 2.45. The number of unbranched alkanes of at least 4 members (excludes halogenated alkanes) is 46. The second-order valence-corrected chi connectivity index (χ2v) is 31.7. The third-order valence-electron chi connectivity index (χ3n) is 18.6. The van der Waals surface area contributed by atoms with Crippen LogP contribution in [0.15, 0.2) is 0 Å². The van der Waals surface area contributed by atoms with Crippen LogP contribution < -0.4 is 0 Å².